The number of pyridine rings is 1. The molecule has 1 aliphatic rings. The summed E-state index contributed by atoms with van der Waals surface area (Å²) in [6.45, 7) is 0.748. The number of hydrogen-bond acceptors (Lipinski definition) is 3. The molecule has 0 N–H and O–H groups in total. The Morgan fingerprint density at radius 1 is 1.16 bits per heavy atom. The standard InChI is InChI=1S/C20H17ClN2OS/c1-23-11-8-16(13-2-4-15(21)5-3-13)17-12-18(25-19(17)20(23)24)14-6-9-22-10-7-14/h2-7,9-10,12,16H,8,11H2,1H3. The number of carbonyl (C=O) groups is 1. The van der Waals surface area contributed by atoms with Gasteiger partial charge in [-0.15, -0.1) is 11.3 Å². The van der Waals surface area contributed by atoms with Crippen LogP contribution in [0.25, 0.3) is 10.4 Å². The van der Waals surface area contributed by atoms with Crippen LogP contribution in [-0.4, -0.2) is 29.4 Å². The Kier molecular flexibility index (Phi) is 4.32. The number of halogens is 1. The third-order valence-electron chi connectivity index (χ3n) is 4.67. The van der Waals surface area contributed by atoms with E-state index in [1.54, 1.807) is 23.7 Å². The Morgan fingerprint density at radius 2 is 1.88 bits per heavy atom. The molecule has 3 nitrogen and oxygen atoms in total. The van der Waals surface area contributed by atoms with Crippen LogP contribution in [0.4, 0.5) is 0 Å². The van der Waals surface area contributed by atoms with Crippen LogP contribution in [0.2, 0.25) is 5.02 Å². The molecule has 1 amide bonds. The Bertz CT molecular complexity index is 905. The topological polar surface area (TPSA) is 33.2 Å². The zero-order chi connectivity index (χ0) is 17.4. The molecular formula is C20H17ClN2OS. The summed E-state index contributed by atoms with van der Waals surface area (Å²) in [5, 5.41) is 0.730. The van der Waals surface area contributed by atoms with E-state index in [9.17, 15) is 4.79 Å². The summed E-state index contributed by atoms with van der Waals surface area (Å²) in [7, 11) is 1.88. The second kappa shape index (κ2) is 6.62. The first-order chi connectivity index (χ1) is 12.1. The number of amides is 1. The average molecular weight is 369 g/mol. The van der Waals surface area contributed by atoms with Crippen molar-refractivity contribution in [1.29, 1.82) is 0 Å². The third-order valence-corrected chi connectivity index (χ3v) is 6.11. The van der Waals surface area contributed by atoms with Gasteiger partial charge in [-0.25, -0.2) is 0 Å². The zero-order valence-electron chi connectivity index (χ0n) is 13.8. The molecule has 4 rings (SSSR count). The largest absolute Gasteiger partial charge is 0.341 e. The van der Waals surface area contributed by atoms with E-state index in [0.717, 1.165) is 38.9 Å². The van der Waals surface area contributed by atoms with Gasteiger partial charge < -0.3 is 4.90 Å². The van der Waals surface area contributed by atoms with E-state index in [4.69, 9.17) is 11.6 Å². The molecule has 25 heavy (non-hydrogen) atoms. The van der Waals surface area contributed by atoms with E-state index in [0.29, 0.717) is 0 Å². The predicted octanol–water partition coefficient (Wildman–Crippen LogP) is 5.07. The quantitative estimate of drug-likeness (QED) is 0.632. The smallest absolute Gasteiger partial charge is 0.263 e. The second-order valence-electron chi connectivity index (χ2n) is 6.25. The fourth-order valence-electron chi connectivity index (χ4n) is 3.28. The van der Waals surface area contributed by atoms with Crippen molar-refractivity contribution in [2.45, 2.75) is 12.3 Å². The van der Waals surface area contributed by atoms with Gasteiger partial charge in [0.25, 0.3) is 5.91 Å². The summed E-state index contributed by atoms with van der Waals surface area (Å²) in [6, 6.07) is 14.1. The average Bonchev–Trinajstić information content (AvgIpc) is 3.04. The molecule has 3 heterocycles. The van der Waals surface area contributed by atoms with Crippen molar-refractivity contribution in [3.8, 4) is 10.4 Å². The van der Waals surface area contributed by atoms with Gasteiger partial charge in [0.15, 0.2) is 0 Å². The van der Waals surface area contributed by atoms with Crippen molar-refractivity contribution in [2.24, 2.45) is 0 Å². The van der Waals surface area contributed by atoms with E-state index >= 15 is 0 Å². The van der Waals surface area contributed by atoms with Crippen molar-refractivity contribution in [2.75, 3.05) is 13.6 Å². The highest BCUT2D eigenvalue weighted by Crippen LogP contribution is 2.41. The van der Waals surface area contributed by atoms with Crippen molar-refractivity contribution in [3.63, 3.8) is 0 Å². The molecular weight excluding hydrogens is 352 g/mol. The lowest BCUT2D eigenvalue weighted by Crippen LogP contribution is -2.25. The first kappa shape index (κ1) is 16.3. The maximum atomic E-state index is 12.8. The van der Waals surface area contributed by atoms with Crippen LogP contribution in [-0.2, 0) is 0 Å². The molecule has 0 saturated heterocycles. The van der Waals surface area contributed by atoms with E-state index in [2.05, 4.69) is 23.2 Å². The molecule has 0 aliphatic carbocycles. The minimum Gasteiger partial charge on any atom is -0.341 e. The zero-order valence-corrected chi connectivity index (χ0v) is 15.3. The molecule has 126 valence electrons. The number of fused-ring (bicyclic) bond motifs is 1. The van der Waals surface area contributed by atoms with Gasteiger partial charge in [-0.2, -0.15) is 0 Å². The van der Waals surface area contributed by atoms with Gasteiger partial charge in [0.1, 0.15) is 0 Å². The molecule has 1 atom stereocenters. The predicted molar refractivity (Wildman–Crippen MR) is 102 cm³/mol. The lowest BCUT2D eigenvalue weighted by Gasteiger charge is -2.16. The molecule has 0 radical (unpaired) electrons. The molecule has 0 spiro atoms. The highest BCUT2D eigenvalue weighted by Gasteiger charge is 2.30. The number of hydrogen-bond donors (Lipinski definition) is 0. The van der Waals surface area contributed by atoms with Crippen LogP contribution < -0.4 is 0 Å². The van der Waals surface area contributed by atoms with Gasteiger partial charge in [-0.05, 0) is 53.4 Å². The van der Waals surface area contributed by atoms with Gasteiger partial charge in [0.2, 0.25) is 0 Å². The lowest BCUT2D eigenvalue weighted by molar-refractivity contribution is 0.0804. The van der Waals surface area contributed by atoms with E-state index < -0.39 is 0 Å². The van der Waals surface area contributed by atoms with Crippen molar-refractivity contribution in [1.82, 2.24) is 9.88 Å². The van der Waals surface area contributed by atoms with Gasteiger partial charge >= 0.3 is 0 Å². The molecule has 3 aromatic rings. The van der Waals surface area contributed by atoms with Crippen LogP contribution in [0.5, 0.6) is 0 Å². The number of benzene rings is 1. The Hall–Kier alpha value is -2.17. The first-order valence-electron chi connectivity index (χ1n) is 8.18. The van der Waals surface area contributed by atoms with Crippen molar-refractivity contribution >= 4 is 28.8 Å². The Labute approximate surface area is 155 Å². The third kappa shape index (κ3) is 3.08. The van der Waals surface area contributed by atoms with Crippen LogP contribution in [0.1, 0.15) is 33.1 Å². The summed E-state index contributed by atoms with van der Waals surface area (Å²) in [5.41, 5.74) is 3.42. The summed E-state index contributed by atoms with van der Waals surface area (Å²) >= 11 is 7.62. The minimum absolute atomic E-state index is 0.108. The van der Waals surface area contributed by atoms with Gasteiger partial charge in [0, 0.05) is 41.8 Å². The molecule has 0 fully saturated rings. The fraction of sp³-hybridized carbons (Fsp3) is 0.200. The van der Waals surface area contributed by atoms with Gasteiger partial charge in [-0.3, -0.25) is 9.78 Å². The Morgan fingerprint density at radius 3 is 2.60 bits per heavy atom. The second-order valence-corrected chi connectivity index (χ2v) is 7.74. The monoisotopic (exact) mass is 368 g/mol. The SMILES string of the molecule is CN1CCC(c2ccc(Cl)cc2)c2cc(-c3ccncc3)sc2C1=O. The maximum Gasteiger partial charge on any atom is 0.263 e. The molecule has 1 unspecified atom stereocenters. The van der Waals surface area contributed by atoms with Crippen LogP contribution in [0.15, 0.2) is 54.9 Å². The lowest BCUT2D eigenvalue weighted by atomic mass is 9.89. The number of nitrogens with zero attached hydrogens (tertiary/aromatic N) is 2. The summed E-state index contributed by atoms with van der Waals surface area (Å²) in [6.07, 6.45) is 4.47. The summed E-state index contributed by atoms with van der Waals surface area (Å²) in [4.78, 5) is 20.7. The van der Waals surface area contributed by atoms with Gasteiger partial charge in [-0.1, -0.05) is 23.7 Å². The molecule has 1 aliphatic heterocycles. The fourth-order valence-corrected chi connectivity index (χ4v) is 4.63. The van der Waals surface area contributed by atoms with E-state index in [-0.39, 0.29) is 11.8 Å². The molecule has 0 saturated carbocycles. The number of carbonyl (C=O) groups excluding carboxylic acids is 1. The Balaban J connectivity index is 1.84. The van der Waals surface area contributed by atoms with Gasteiger partial charge in [0.05, 0.1) is 4.88 Å². The summed E-state index contributed by atoms with van der Waals surface area (Å²) in [5.74, 6) is 0.310. The first-order valence-corrected chi connectivity index (χ1v) is 9.38. The maximum absolute atomic E-state index is 12.8. The normalized spacial score (nSPS) is 17.3. The summed E-state index contributed by atoms with van der Waals surface area (Å²) < 4.78 is 0. The van der Waals surface area contributed by atoms with Crippen molar-refractivity contribution < 1.29 is 4.79 Å². The molecule has 5 heteroatoms. The number of thiophene rings is 1. The highest BCUT2D eigenvalue weighted by molar-refractivity contribution is 7.17. The van der Waals surface area contributed by atoms with Crippen LogP contribution in [0.3, 0.4) is 0 Å². The highest BCUT2D eigenvalue weighted by atomic mass is 35.5. The van der Waals surface area contributed by atoms with Crippen LogP contribution in [0, 0.1) is 0 Å². The van der Waals surface area contributed by atoms with Crippen LogP contribution >= 0.6 is 22.9 Å². The number of rotatable bonds is 2. The van der Waals surface area contributed by atoms with E-state index in [1.807, 2.05) is 36.2 Å². The minimum atomic E-state index is 0.108. The molecule has 0 bridgehead atoms. The molecule has 1 aromatic carbocycles. The van der Waals surface area contributed by atoms with E-state index in [1.165, 1.54) is 5.56 Å². The number of aromatic nitrogens is 1. The van der Waals surface area contributed by atoms with Crippen molar-refractivity contribution in [3.05, 3.63) is 75.9 Å². The molecule has 2 aromatic heterocycles.